The van der Waals surface area contributed by atoms with Gasteiger partial charge in [-0.25, -0.2) is 0 Å². The molecule has 0 bridgehead atoms. The monoisotopic (exact) mass is 418 g/mol. The molecule has 1 atom stereocenters. The average molecular weight is 419 g/mol. The van der Waals surface area contributed by atoms with Crippen molar-refractivity contribution in [3.63, 3.8) is 0 Å². The molecule has 1 aliphatic heterocycles. The quantitative estimate of drug-likeness (QED) is 0.537. The number of benzene rings is 2. The van der Waals surface area contributed by atoms with Gasteiger partial charge in [0.2, 0.25) is 0 Å². The van der Waals surface area contributed by atoms with Crippen molar-refractivity contribution in [1.82, 2.24) is 4.90 Å². The van der Waals surface area contributed by atoms with Gasteiger partial charge in [0.05, 0.1) is 6.10 Å². The van der Waals surface area contributed by atoms with Crippen LogP contribution < -0.4 is 4.74 Å². The molecular weight excluding hydrogens is 384 g/mol. The van der Waals surface area contributed by atoms with E-state index in [0.717, 1.165) is 67.5 Å². The van der Waals surface area contributed by atoms with E-state index in [9.17, 15) is 10.1 Å². The number of hydrogen-bond acceptors (Lipinski definition) is 4. The topological polar surface area (TPSA) is 53.3 Å². The Hall–Kier alpha value is -2.38. The summed E-state index contributed by atoms with van der Waals surface area (Å²) in [6, 6.07) is 13.2. The predicted molar refractivity (Wildman–Crippen MR) is 124 cm³/mol. The van der Waals surface area contributed by atoms with Crippen LogP contribution in [0.1, 0.15) is 76.0 Å². The molecule has 0 radical (unpaired) electrons. The minimum absolute atomic E-state index is 0.206. The maximum absolute atomic E-state index is 11.1. The minimum atomic E-state index is 0.206. The summed E-state index contributed by atoms with van der Waals surface area (Å²) >= 11 is 0. The second-order valence-corrected chi connectivity index (χ2v) is 9.39. The molecule has 2 fully saturated rings. The van der Waals surface area contributed by atoms with Crippen LogP contribution in [0.2, 0.25) is 0 Å². The van der Waals surface area contributed by atoms with E-state index < -0.39 is 0 Å². The molecule has 0 amide bonds. The second kappa shape index (κ2) is 9.83. The van der Waals surface area contributed by atoms with Gasteiger partial charge >= 0.3 is 0 Å². The van der Waals surface area contributed by atoms with Crippen LogP contribution in [-0.2, 0) is 4.79 Å². The number of nitrogens with zero attached hydrogens (tertiary/aromatic N) is 2. The second-order valence-electron chi connectivity index (χ2n) is 9.39. The third-order valence-corrected chi connectivity index (χ3v) is 7.58. The standard InChI is InChI=1S/C27H34N2O2/c1-3-20-4-9-24(10-5-20)31-27-11-8-22-6-7-23(16-25(22)26(27)17-28)19(2)29-14-12-21(18-30)13-15-29/h6-8,11,16,18-21,24H,3-5,9-10,12-15H2,1-2H3. The fourth-order valence-corrected chi connectivity index (χ4v) is 5.28. The van der Waals surface area contributed by atoms with Gasteiger partial charge in [-0.2, -0.15) is 5.26 Å². The van der Waals surface area contributed by atoms with Crippen molar-refractivity contribution in [2.75, 3.05) is 13.1 Å². The lowest BCUT2D eigenvalue weighted by atomic mass is 9.86. The molecule has 2 aromatic rings. The third kappa shape index (κ3) is 4.77. The molecule has 0 spiro atoms. The van der Waals surface area contributed by atoms with Crippen molar-refractivity contribution in [3.8, 4) is 11.8 Å². The first kappa shape index (κ1) is 21.8. The van der Waals surface area contributed by atoms with Gasteiger partial charge < -0.3 is 9.53 Å². The summed E-state index contributed by atoms with van der Waals surface area (Å²) in [7, 11) is 0. The Morgan fingerprint density at radius 2 is 1.84 bits per heavy atom. The fraction of sp³-hybridized carbons (Fsp3) is 0.556. The van der Waals surface area contributed by atoms with Crippen LogP contribution in [0.15, 0.2) is 30.3 Å². The number of ether oxygens (including phenoxy) is 1. The molecule has 31 heavy (non-hydrogen) atoms. The number of hydrogen-bond donors (Lipinski definition) is 0. The highest BCUT2D eigenvalue weighted by Crippen LogP contribution is 2.35. The molecule has 4 rings (SSSR count). The molecule has 4 heteroatoms. The zero-order valence-corrected chi connectivity index (χ0v) is 18.8. The van der Waals surface area contributed by atoms with Gasteiger partial charge in [0, 0.05) is 17.3 Å². The number of likely N-dealkylation sites (tertiary alicyclic amines) is 1. The van der Waals surface area contributed by atoms with Crippen molar-refractivity contribution in [2.45, 2.75) is 70.9 Å². The molecule has 1 saturated heterocycles. The van der Waals surface area contributed by atoms with Gasteiger partial charge in [-0.05, 0) is 87.5 Å². The normalized spacial score (nSPS) is 23.9. The number of aldehydes is 1. The Kier molecular flexibility index (Phi) is 6.92. The highest BCUT2D eigenvalue weighted by molar-refractivity contribution is 5.90. The van der Waals surface area contributed by atoms with Crippen LogP contribution in [0.25, 0.3) is 10.8 Å². The van der Waals surface area contributed by atoms with Crippen LogP contribution >= 0.6 is 0 Å². The first-order valence-electron chi connectivity index (χ1n) is 12.0. The molecule has 164 valence electrons. The van der Waals surface area contributed by atoms with Gasteiger partial charge in [-0.15, -0.1) is 0 Å². The van der Waals surface area contributed by atoms with Gasteiger partial charge in [0.25, 0.3) is 0 Å². The Labute approximate surface area is 186 Å². The van der Waals surface area contributed by atoms with Crippen molar-refractivity contribution in [1.29, 1.82) is 5.26 Å². The maximum atomic E-state index is 11.1. The molecule has 1 unspecified atom stereocenters. The number of carbonyl (C=O) groups is 1. The molecule has 1 aliphatic carbocycles. The smallest absolute Gasteiger partial charge is 0.138 e. The van der Waals surface area contributed by atoms with Crippen molar-refractivity contribution in [3.05, 3.63) is 41.5 Å². The van der Waals surface area contributed by atoms with E-state index in [1.165, 1.54) is 24.8 Å². The van der Waals surface area contributed by atoms with E-state index in [1.54, 1.807) is 0 Å². The van der Waals surface area contributed by atoms with Gasteiger partial charge in [-0.1, -0.05) is 31.5 Å². The van der Waals surface area contributed by atoms with Crippen LogP contribution in [0.3, 0.4) is 0 Å². The van der Waals surface area contributed by atoms with Crippen molar-refractivity contribution < 1.29 is 9.53 Å². The summed E-state index contributed by atoms with van der Waals surface area (Å²) in [5.41, 5.74) is 1.87. The van der Waals surface area contributed by atoms with Crippen LogP contribution in [0.4, 0.5) is 0 Å². The lowest BCUT2D eigenvalue weighted by molar-refractivity contribution is -0.112. The van der Waals surface area contributed by atoms with E-state index in [-0.39, 0.29) is 18.1 Å². The first-order chi connectivity index (χ1) is 15.1. The summed E-state index contributed by atoms with van der Waals surface area (Å²) in [5, 5.41) is 12.0. The highest BCUT2D eigenvalue weighted by atomic mass is 16.5. The molecule has 2 aliphatic rings. The predicted octanol–water partition coefficient (Wildman–Crippen LogP) is 6.03. The highest BCUT2D eigenvalue weighted by Gasteiger charge is 2.25. The minimum Gasteiger partial charge on any atom is -0.489 e. The van der Waals surface area contributed by atoms with E-state index in [4.69, 9.17) is 4.74 Å². The van der Waals surface area contributed by atoms with Gasteiger partial charge in [-0.3, -0.25) is 4.90 Å². The molecule has 0 N–H and O–H groups in total. The lowest BCUT2D eigenvalue weighted by Gasteiger charge is -2.34. The first-order valence-corrected chi connectivity index (χ1v) is 12.0. The fourth-order valence-electron chi connectivity index (χ4n) is 5.28. The van der Waals surface area contributed by atoms with Gasteiger partial charge in [0.15, 0.2) is 0 Å². The summed E-state index contributed by atoms with van der Waals surface area (Å²) in [6.45, 7) is 6.38. The number of rotatable bonds is 6. The Morgan fingerprint density at radius 3 is 2.48 bits per heavy atom. The zero-order chi connectivity index (χ0) is 21.8. The molecule has 2 aromatic carbocycles. The van der Waals surface area contributed by atoms with Crippen molar-refractivity contribution in [2.24, 2.45) is 11.8 Å². The zero-order valence-electron chi connectivity index (χ0n) is 18.8. The lowest BCUT2D eigenvalue weighted by Crippen LogP contribution is -2.36. The summed E-state index contributed by atoms with van der Waals surface area (Å²) in [6.07, 6.45) is 9.04. The Morgan fingerprint density at radius 1 is 1.13 bits per heavy atom. The largest absolute Gasteiger partial charge is 0.489 e. The Bertz CT molecular complexity index is 948. The SMILES string of the molecule is CCC1CCC(Oc2ccc3ccc(C(C)N4CCC(C=O)CC4)cc3c2C#N)CC1. The van der Waals surface area contributed by atoms with Crippen LogP contribution in [0, 0.1) is 23.2 Å². The molecule has 1 saturated carbocycles. The van der Waals surface area contributed by atoms with E-state index in [1.807, 2.05) is 6.07 Å². The van der Waals surface area contributed by atoms with E-state index in [2.05, 4.69) is 49.1 Å². The van der Waals surface area contributed by atoms with Crippen LogP contribution in [0.5, 0.6) is 5.75 Å². The number of fused-ring (bicyclic) bond motifs is 1. The van der Waals surface area contributed by atoms with Crippen molar-refractivity contribution >= 4 is 17.1 Å². The Balaban J connectivity index is 1.55. The number of piperidine rings is 1. The molecule has 0 aromatic heterocycles. The molecule has 1 heterocycles. The average Bonchev–Trinajstić information content (AvgIpc) is 2.83. The summed E-state index contributed by atoms with van der Waals surface area (Å²) < 4.78 is 6.35. The van der Waals surface area contributed by atoms with Crippen LogP contribution in [-0.4, -0.2) is 30.4 Å². The maximum Gasteiger partial charge on any atom is 0.138 e. The summed E-state index contributed by atoms with van der Waals surface area (Å²) in [4.78, 5) is 13.5. The van der Waals surface area contributed by atoms with E-state index >= 15 is 0 Å². The van der Waals surface area contributed by atoms with E-state index in [0.29, 0.717) is 5.56 Å². The summed E-state index contributed by atoms with van der Waals surface area (Å²) in [5.74, 6) is 1.76. The van der Waals surface area contributed by atoms with Gasteiger partial charge in [0.1, 0.15) is 23.7 Å². The number of carbonyl (C=O) groups excluding carboxylic acids is 1. The number of nitriles is 1. The molecule has 4 nitrogen and oxygen atoms in total. The third-order valence-electron chi connectivity index (χ3n) is 7.58. The molecular formula is C27H34N2O2.